The monoisotopic (exact) mass is 469 g/mol. The number of nitrogens with zero attached hydrogens (tertiary/aromatic N) is 1. The Morgan fingerprint density at radius 3 is 2.03 bits per heavy atom. The Morgan fingerprint density at radius 2 is 1.48 bits per heavy atom. The molecule has 11 nitrogen and oxygen atoms in total. The topological polar surface area (TPSA) is 182 Å². The summed E-state index contributed by atoms with van der Waals surface area (Å²) in [7, 11) is -4.45. The lowest BCUT2D eigenvalue weighted by Crippen LogP contribution is -2.26. The first-order valence-corrected chi connectivity index (χ1v) is 10.7. The number of nitro benzene ring substituents is 1. The summed E-state index contributed by atoms with van der Waals surface area (Å²) in [5.74, 6) is -3.47. The second kappa shape index (κ2) is 9.36. The van der Waals surface area contributed by atoms with Crippen LogP contribution in [0.25, 0.3) is 0 Å². The van der Waals surface area contributed by atoms with Gasteiger partial charge in [-0.3, -0.25) is 14.8 Å². The molecule has 3 aromatic carbocycles. The van der Waals surface area contributed by atoms with E-state index in [4.69, 9.17) is 0 Å². The van der Waals surface area contributed by atoms with Crippen LogP contribution in [0.4, 0.5) is 17.1 Å². The van der Waals surface area contributed by atoms with Gasteiger partial charge in [-0.1, -0.05) is 30.3 Å². The van der Waals surface area contributed by atoms with Crippen molar-refractivity contribution in [1.82, 2.24) is 0 Å². The molecule has 0 aliphatic carbocycles. The number of carboxylic acid groups (broad SMARTS) is 2. The van der Waals surface area contributed by atoms with Crippen molar-refractivity contribution in [3.8, 4) is 0 Å². The van der Waals surface area contributed by atoms with Gasteiger partial charge in [0.1, 0.15) is 5.69 Å². The third kappa shape index (κ3) is 5.62. The molecular formula is C21H15N3O8S-2. The number of carbonyl (C=O) groups excluding carboxylic acids is 2. The van der Waals surface area contributed by atoms with Crippen molar-refractivity contribution in [2.24, 2.45) is 0 Å². The molecule has 0 heterocycles. The number of sulfonamides is 1. The van der Waals surface area contributed by atoms with E-state index < -0.39 is 54.3 Å². The number of anilines is 2. The average Bonchev–Trinajstić information content (AvgIpc) is 2.77. The van der Waals surface area contributed by atoms with E-state index in [9.17, 15) is 38.3 Å². The SMILES string of the molecule is O=C([O-])c1cc(NS(=O)(=O)c2ccc(NCc3ccccc3)c([N+](=O)[O-])c2)cc(C(=O)[O-])c1. The minimum Gasteiger partial charge on any atom is -0.545 e. The minimum atomic E-state index is -4.45. The van der Waals surface area contributed by atoms with Crippen LogP contribution in [0.2, 0.25) is 0 Å². The molecule has 0 saturated carbocycles. The third-order valence-corrected chi connectivity index (χ3v) is 5.84. The van der Waals surface area contributed by atoms with Crippen molar-refractivity contribution < 1.29 is 33.1 Å². The summed E-state index contributed by atoms with van der Waals surface area (Å²) in [5.41, 5.74) is -1.16. The lowest BCUT2D eigenvalue weighted by molar-refractivity contribution is -0.384. The van der Waals surface area contributed by atoms with E-state index in [1.54, 1.807) is 12.1 Å². The normalized spacial score (nSPS) is 10.9. The molecule has 0 radical (unpaired) electrons. The summed E-state index contributed by atoms with van der Waals surface area (Å²) in [4.78, 5) is 32.5. The fraction of sp³-hybridized carbons (Fsp3) is 0.0476. The summed E-state index contributed by atoms with van der Waals surface area (Å²) in [5, 5.41) is 36.6. The van der Waals surface area contributed by atoms with Gasteiger partial charge in [-0.05, 0) is 47.0 Å². The molecule has 3 aromatic rings. The Kier molecular flexibility index (Phi) is 6.59. The number of hydrogen-bond donors (Lipinski definition) is 2. The van der Waals surface area contributed by atoms with Crippen LogP contribution in [-0.2, 0) is 16.6 Å². The molecule has 0 aliphatic heterocycles. The zero-order valence-electron chi connectivity index (χ0n) is 16.7. The Balaban J connectivity index is 1.92. The van der Waals surface area contributed by atoms with Crippen molar-refractivity contribution in [2.45, 2.75) is 11.4 Å². The largest absolute Gasteiger partial charge is 0.545 e. The van der Waals surface area contributed by atoms with Crippen LogP contribution in [0.5, 0.6) is 0 Å². The number of aromatic carboxylic acids is 2. The summed E-state index contributed by atoms with van der Waals surface area (Å²) >= 11 is 0. The van der Waals surface area contributed by atoms with Crippen molar-refractivity contribution >= 4 is 39.0 Å². The molecule has 170 valence electrons. The van der Waals surface area contributed by atoms with Gasteiger partial charge in [-0.15, -0.1) is 0 Å². The standard InChI is InChI=1S/C21H17N3O8S/c25-20(26)14-8-15(21(27)28)10-16(9-14)23-33(31,32)17-6-7-18(19(11-17)24(29)30)22-12-13-4-2-1-3-5-13/h1-11,22-23H,12H2,(H,25,26)(H,27,28)/p-2. The first-order valence-electron chi connectivity index (χ1n) is 9.23. The minimum absolute atomic E-state index is 0.0842. The van der Waals surface area contributed by atoms with Crippen molar-refractivity contribution in [3.63, 3.8) is 0 Å². The van der Waals surface area contributed by atoms with E-state index >= 15 is 0 Å². The molecular weight excluding hydrogens is 454 g/mol. The molecule has 0 amide bonds. The molecule has 0 aromatic heterocycles. The van der Waals surface area contributed by atoms with Crippen LogP contribution >= 0.6 is 0 Å². The first kappa shape index (κ1) is 23.2. The van der Waals surface area contributed by atoms with Gasteiger partial charge >= 0.3 is 0 Å². The average molecular weight is 469 g/mol. The Morgan fingerprint density at radius 1 is 0.879 bits per heavy atom. The van der Waals surface area contributed by atoms with Gasteiger partial charge in [0.05, 0.1) is 27.4 Å². The van der Waals surface area contributed by atoms with Gasteiger partial charge in [0.2, 0.25) is 0 Å². The number of benzene rings is 3. The van der Waals surface area contributed by atoms with E-state index in [2.05, 4.69) is 5.32 Å². The summed E-state index contributed by atoms with van der Waals surface area (Å²) in [6.07, 6.45) is 0. The molecule has 0 fully saturated rings. The maximum Gasteiger partial charge on any atom is 0.293 e. The van der Waals surface area contributed by atoms with E-state index in [1.165, 1.54) is 6.07 Å². The number of hydrogen-bond acceptors (Lipinski definition) is 9. The van der Waals surface area contributed by atoms with E-state index in [0.717, 1.165) is 35.9 Å². The van der Waals surface area contributed by atoms with Crippen molar-refractivity contribution in [1.29, 1.82) is 0 Å². The van der Waals surface area contributed by atoms with Gasteiger partial charge in [0.15, 0.2) is 0 Å². The lowest BCUT2D eigenvalue weighted by Gasteiger charge is -2.14. The molecule has 3 rings (SSSR count). The number of carbonyl (C=O) groups is 2. The highest BCUT2D eigenvalue weighted by Crippen LogP contribution is 2.29. The van der Waals surface area contributed by atoms with Gasteiger partial charge < -0.3 is 25.1 Å². The van der Waals surface area contributed by atoms with Crippen molar-refractivity contribution in [3.05, 3.63) is 93.5 Å². The molecule has 2 N–H and O–H groups in total. The van der Waals surface area contributed by atoms with Gasteiger partial charge in [0, 0.05) is 12.6 Å². The second-order valence-corrected chi connectivity index (χ2v) is 8.44. The zero-order valence-corrected chi connectivity index (χ0v) is 17.5. The number of carboxylic acids is 2. The van der Waals surface area contributed by atoms with Gasteiger partial charge in [-0.25, -0.2) is 8.42 Å². The van der Waals surface area contributed by atoms with Crippen LogP contribution in [0.3, 0.4) is 0 Å². The van der Waals surface area contributed by atoms with E-state index in [0.29, 0.717) is 0 Å². The van der Waals surface area contributed by atoms with Crippen molar-refractivity contribution in [2.75, 3.05) is 10.0 Å². The Bertz CT molecular complexity index is 1310. The second-order valence-electron chi connectivity index (χ2n) is 6.75. The quantitative estimate of drug-likeness (QED) is 0.337. The zero-order chi connectivity index (χ0) is 24.2. The van der Waals surface area contributed by atoms with Crippen LogP contribution in [0, 0.1) is 10.1 Å². The highest BCUT2D eigenvalue weighted by molar-refractivity contribution is 7.92. The summed E-state index contributed by atoms with van der Waals surface area (Å²) < 4.78 is 27.5. The van der Waals surface area contributed by atoms with E-state index in [-0.39, 0.29) is 12.2 Å². The van der Waals surface area contributed by atoms with Gasteiger partial charge in [0.25, 0.3) is 15.7 Å². The van der Waals surface area contributed by atoms with Crippen LogP contribution in [-0.4, -0.2) is 25.3 Å². The number of nitrogens with one attached hydrogen (secondary N) is 2. The van der Waals surface area contributed by atoms with Crippen LogP contribution < -0.4 is 20.3 Å². The van der Waals surface area contributed by atoms with Crippen LogP contribution in [0.15, 0.2) is 71.6 Å². The molecule has 0 spiro atoms. The smallest absolute Gasteiger partial charge is 0.293 e. The highest BCUT2D eigenvalue weighted by atomic mass is 32.2. The third-order valence-electron chi connectivity index (χ3n) is 4.46. The lowest BCUT2D eigenvalue weighted by atomic mass is 10.1. The fourth-order valence-electron chi connectivity index (χ4n) is 2.91. The number of nitro groups is 1. The molecule has 0 saturated heterocycles. The van der Waals surface area contributed by atoms with Gasteiger partial charge in [-0.2, -0.15) is 0 Å². The molecule has 0 atom stereocenters. The molecule has 33 heavy (non-hydrogen) atoms. The highest BCUT2D eigenvalue weighted by Gasteiger charge is 2.22. The maximum atomic E-state index is 12.7. The van der Waals surface area contributed by atoms with Crippen LogP contribution in [0.1, 0.15) is 26.3 Å². The Labute approximate surface area is 187 Å². The molecule has 12 heteroatoms. The fourth-order valence-corrected chi connectivity index (χ4v) is 3.97. The maximum absolute atomic E-state index is 12.7. The molecule has 0 unspecified atom stereocenters. The molecule has 0 bridgehead atoms. The predicted molar refractivity (Wildman–Crippen MR) is 113 cm³/mol. The first-order chi connectivity index (χ1) is 15.6. The Hall–Kier alpha value is -4.45. The summed E-state index contributed by atoms with van der Waals surface area (Å²) in [6.45, 7) is 0.258. The predicted octanol–water partition coefficient (Wildman–Crippen LogP) is 0.735. The van der Waals surface area contributed by atoms with E-state index in [1.807, 2.05) is 22.9 Å². The number of rotatable bonds is 9. The molecule has 0 aliphatic rings. The summed E-state index contributed by atoms with van der Waals surface area (Å²) in [6, 6.07) is 14.7.